The molecule has 8 nitrogen and oxygen atoms in total. The molecule has 8 heteroatoms. The minimum absolute atomic E-state index is 0.355. The highest BCUT2D eigenvalue weighted by Gasteiger charge is 2.17. The number of imidazole rings is 1. The average molecular weight is 372 g/mol. The lowest BCUT2D eigenvalue weighted by Gasteiger charge is -2.04. The van der Waals surface area contributed by atoms with E-state index in [-0.39, 0.29) is 0 Å². The lowest BCUT2D eigenvalue weighted by molar-refractivity contribution is 0.416. The molecule has 0 unspecified atom stereocenters. The summed E-state index contributed by atoms with van der Waals surface area (Å²) < 4.78 is 10.9. The summed E-state index contributed by atoms with van der Waals surface area (Å²) in [7, 11) is 1.63. The van der Waals surface area contributed by atoms with Gasteiger partial charge in [0, 0.05) is 5.56 Å². The zero-order valence-electron chi connectivity index (χ0n) is 15.2. The van der Waals surface area contributed by atoms with Crippen molar-refractivity contribution in [1.82, 2.24) is 30.3 Å². The summed E-state index contributed by atoms with van der Waals surface area (Å²) in [6.45, 7) is 1.91. The van der Waals surface area contributed by atoms with E-state index < -0.39 is 0 Å². The molecule has 0 aliphatic rings. The highest BCUT2D eigenvalue weighted by molar-refractivity contribution is 5.90. The summed E-state index contributed by atoms with van der Waals surface area (Å²) in [5.41, 5.74) is 4.79. The van der Waals surface area contributed by atoms with Gasteiger partial charge in [0.1, 0.15) is 17.3 Å². The SMILES string of the molecule is COc1ccccc1-c1cc(-c2nc(-c3cccc4[nH]c(C)nc34)no2)[nH]n1. The molecule has 2 N–H and O–H groups in total. The van der Waals surface area contributed by atoms with Crippen LogP contribution in [0.1, 0.15) is 5.82 Å². The maximum atomic E-state index is 5.47. The van der Waals surface area contributed by atoms with Gasteiger partial charge in [-0.1, -0.05) is 23.4 Å². The molecule has 0 aliphatic carbocycles. The minimum Gasteiger partial charge on any atom is -0.496 e. The van der Waals surface area contributed by atoms with Gasteiger partial charge in [0.15, 0.2) is 0 Å². The van der Waals surface area contributed by atoms with Crippen LogP contribution in [0.3, 0.4) is 0 Å². The van der Waals surface area contributed by atoms with Crippen molar-refractivity contribution in [3.8, 4) is 40.0 Å². The number of ether oxygens (including phenoxy) is 1. The van der Waals surface area contributed by atoms with E-state index in [0.717, 1.165) is 39.4 Å². The monoisotopic (exact) mass is 372 g/mol. The molecule has 0 atom stereocenters. The smallest absolute Gasteiger partial charge is 0.276 e. The zero-order chi connectivity index (χ0) is 19.1. The number of fused-ring (bicyclic) bond motifs is 1. The lowest BCUT2D eigenvalue weighted by Crippen LogP contribution is -1.87. The largest absolute Gasteiger partial charge is 0.496 e. The van der Waals surface area contributed by atoms with Crippen LogP contribution < -0.4 is 4.74 Å². The van der Waals surface area contributed by atoms with E-state index in [9.17, 15) is 0 Å². The molecule has 5 aromatic rings. The van der Waals surface area contributed by atoms with Crippen molar-refractivity contribution in [2.24, 2.45) is 0 Å². The van der Waals surface area contributed by atoms with Crippen molar-refractivity contribution >= 4 is 11.0 Å². The van der Waals surface area contributed by atoms with Crippen LogP contribution in [0.5, 0.6) is 5.75 Å². The van der Waals surface area contributed by atoms with E-state index in [1.165, 1.54) is 0 Å². The maximum Gasteiger partial charge on any atom is 0.276 e. The predicted molar refractivity (Wildman–Crippen MR) is 104 cm³/mol. The second-order valence-electron chi connectivity index (χ2n) is 6.31. The first-order chi connectivity index (χ1) is 13.7. The number of methoxy groups -OCH3 is 1. The molecule has 0 radical (unpaired) electrons. The Labute approximate surface area is 159 Å². The van der Waals surface area contributed by atoms with Crippen LogP contribution in [-0.2, 0) is 0 Å². The fourth-order valence-corrected chi connectivity index (χ4v) is 3.20. The number of hydrogen-bond donors (Lipinski definition) is 2. The Balaban J connectivity index is 1.53. The van der Waals surface area contributed by atoms with Gasteiger partial charge in [-0.3, -0.25) is 5.10 Å². The van der Waals surface area contributed by atoms with Crippen LogP contribution in [-0.4, -0.2) is 37.4 Å². The van der Waals surface area contributed by atoms with E-state index in [4.69, 9.17) is 9.26 Å². The molecule has 0 saturated carbocycles. The number of nitrogens with zero attached hydrogens (tertiary/aromatic N) is 4. The van der Waals surface area contributed by atoms with E-state index in [1.54, 1.807) is 7.11 Å². The van der Waals surface area contributed by atoms with Gasteiger partial charge in [-0.05, 0) is 37.3 Å². The van der Waals surface area contributed by atoms with Crippen molar-refractivity contribution < 1.29 is 9.26 Å². The number of H-pyrrole nitrogens is 2. The normalized spacial score (nSPS) is 11.2. The molecule has 0 spiro atoms. The van der Waals surface area contributed by atoms with Crippen molar-refractivity contribution in [1.29, 1.82) is 0 Å². The molecular formula is C20H16N6O2. The number of aromatic nitrogens is 6. The number of hydrogen-bond acceptors (Lipinski definition) is 6. The molecule has 0 bridgehead atoms. The maximum absolute atomic E-state index is 5.47. The van der Waals surface area contributed by atoms with Crippen molar-refractivity contribution in [2.45, 2.75) is 6.92 Å². The highest BCUT2D eigenvalue weighted by Crippen LogP contribution is 2.31. The van der Waals surface area contributed by atoms with Crippen molar-refractivity contribution in [2.75, 3.05) is 7.11 Å². The molecule has 3 heterocycles. The Hall–Kier alpha value is -3.94. The molecule has 2 aromatic carbocycles. The van der Waals surface area contributed by atoms with Gasteiger partial charge in [0.25, 0.3) is 5.89 Å². The quantitative estimate of drug-likeness (QED) is 0.494. The van der Waals surface area contributed by atoms with Crippen molar-refractivity contribution in [3.05, 3.63) is 54.4 Å². The van der Waals surface area contributed by atoms with Gasteiger partial charge >= 0.3 is 0 Å². The lowest BCUT2D eigenvalue weighted by atomic mass is 10.1. The van der Waals surface area contributed by atoms with Crippen LogP contribution in [0.2, 0.25) is 0 Å². The molecule has 0 saturated heterocycles. The number of rotatable bonds is 4. The predicted octanol–water partition coefficient (Wildman–Crippen LogP) is 3.99. The van der Waals surface area contributed by atoms with Crippen LogP contribution in [0, 0.1) is 6.92 Å². The zero-order valence-corrected chi connectivity index (χ0v) is 15.2. The fraction of sp³-hybridized carbons (Fsp3) is 0.100. The van der Waals surface area contributed by atoms with Crippen LogP contribution in [0.25, 0.3) is 45.3 Å². The molecule has 3 aromatic heterocycles. The molecule has 5 rings (SSSR count). The Morgan fingerprint density at radius 1 is 1.00 bits per heavy atom. The first-order valence-corrected chi connectivity index (χ1v) is 8.71. The number of aromatic amines is 2. The van der Waals surface area contributed by atoms with Gasteiger partial charge in [0.05, 0.1) is 29.4 Å². The topological polar surface area (TPSA) is 106 Å². The minimum atomic E-state index is 0.355. The summed E-state index contributed by atoms with van der Waals surface area (Å²) in [5.74, 6) is 2.40. The second-order valence-corrected chi connectivity index (χ2v) is 6.31. The van der Waals surface area contributed by atoms with E-state index >= 15 is 0 Å². The van der Waals surface area contributed by atoms with Gasteiger partial charge < -0.3 is 14.2 Å². The highest BCUT2D eigenvalue weighted by atomic mass is 16.5. The number of para-hydroxylation sites is 2. The Kier molecular flexibility index (Phi) is 3.68. The molecule has 0 fully saturated rings. The molecular weight excluding hydrogens is 356 g/mol. The third kappa shape index (κ3) is 2.62. The molecule has 0 aliphatic heterocycles. The average Bonchev–Trinajstić information content (AvgIpc) is 3.45. The van der Waals surface area contributed by atoms with Gasteiger partial charge in [-0.15, -0.1) is 0 Å². The van der Waals surface area contributed by atoms with Crippen molar-refractivity contribution in [3.63, 3.8) is 0 Å². The summed E-state index contributed by atoms with van der Waals surface area (Å²) in [4.78, 5) is 12.3. The summed E-state index contributed by atoms with van der Waals surface area (Å²) >= 11 is 0. The van der Waals surface area contributed by atoms with Gasteiger partial charge in [0.2, 0.25) is 5.82 Å². The Morgan fingerprint density at radius 3 is 2.75 bits per heavy atom. The number of benzene rings is 2. The van der Waals surface area contributed by atoms with E-state index in [1.807, 2.05) is 55.5 Å². The summed E-state index contributed by atoms with van der Waals surface area (Å²) in [6.07, 6.45) is 0. The number of nitrogens with one attached hydrogen (secondary N) is 2. The first kappa shape index (κ1) is 16.2. The summed E-state index contributed by atoms with van der Waals surface area (Å²) in [5, 5.41) is 11.4. The third-order valence-electron chi connectivity index (χ3n) is 4.49. The molecule has 0 amide bonds. The Morgan fingerprint density at radius 2 is 1.86 bits per heavy atom. The van der Waals surface area contributed by atoms with E-state index in [2.05, 4.69) is 30.3 Å². The Bertz CT molecular complexity index is 1280. The fourth-order valence-electron chi connectivity index (χ4n) is 3.20. The van der Waals surface area contributed by atoms with Crippen LogP contribution in [0.4, 0.5) is 0 Å². The van der Waals surface area contributed by atoms with Gasteiger partial charge in [-0.2, -0.15) is 10.1 Å². The summed E-state index contributed by atoms with van der Waals surface area (Å²) in [6, 6.07) is 15.4. The van der Waals surface area contributed by atoms with Crippen LogP contribution >= 0.6 is 0 Å². The van der Waals surface area contributed by atoms with E-state index in [0.29, 0.717) is 17.4 Å². The second kappa shape index (κ2) is 6.34. The first-order valence-electron chi connectivity index (χ1n) is 8.71. The van der Waals surface area contributed by atoms with Gasteiger partial charge in [-0.25, -0.2) is 4.98 Å². The standard InChI is InChI=1S/C20H16N6O2/c1-11-21-14-8-5-7-13(18(14)22-11)19-23-20(28-26-19)16-10-15(24-25-16)12-6-3-4-9-17(12)27-2/h3-10H,1-2H3,(H,21,22)(H,24,25). The molecule has 28 heavy (non-hydrogen) atoms. The third-order valence-corrected chi connectivity index (χ3v) is 4.49. The number of aryl methyl sites for hydroxylation is 1. The molecule has 138 valence electrons. The van der Waals surface area contributed by atoms with Crippen LogP contribution in [0.15, 0.2) is 53.1 Å².